The van der Waals surface area contributed by atoms with Crippen molar-refractivity contribution in [3.05, 3.63) is 23.8 Å². The minimum Gasteiger partial charge on any atom is -0.490 e. The molecule has 0 radical (unpaired) electrons. The summed E-state index contributed by atoms with van der Waals surface area (Å²) in [6.07, 6.45) is 1.03. The summed E-state index contributed by atoms with van der Waals surface area (Å²) in [7, 11) is 0. The predicted octanol–water partition coefficient (Wildman–Crippen LogP) is 3.49. The normalized spacial score (nSPS) is 20.4. The SMILES string of the molecule is CCOc1ccc(C(F)C2CCCNC2)cc1OCC. The van der Waals surface area contributed by atoms with E-state index in [1.165, 1.54) is 0 Å². The molecular formula is C16H24FNO2. The summed E-state index contributed by atoms with van der Waals surface area (Å²) in [5.41, 5.74) is 0.686. The molecule has 2 atom stereocenters. The number of ether oxygens (including phenoxy) is 2. The van der Waals surface area contributed by atoms with Gasteiger partial charge in [-0.3, -0.25) is 0 Å². The zero-order valence-corrected chi connectivity index (χ0v) is 12.3. The fraction of sp³-hybridized carbons (Fsp3) is 0.625. The van der Waals surface area contributed by atoms with Crippen LogP contribution in [0.1, 0.15) is 38.4 Å². The number of halogens is 1. The standard InChI is InChI=1S/C16H24FNO2/c1-3-19-14-8-7-12(10-15(14)20-4-2)16(17)13-6-5-9-18-11-13/h7-8,10,13,16,18H,3-6,9,11H2,1-2H3. The van der Waals surface area contributed by atoms with Gasteiger partial charge in [0.25, 0.3) is 0 Å². The van der Waals surface area contributed by atoms with E-state index in [4.69, 9.17) is 9.47 Å². The second-order valence-electron chi connectivity index (χ2n) is 5.08. The van der Waals surface area contributed by atoms with Crippen LogP contribution in [-0.2, 0) is 0 Å². The van der Waals surface area contributed by atoms with E-state index >= 15 is 0 Å². The number of alkyl halides is 1. The molecular weight excluding hydrogens is 257 g/mol. The summed E-state index contributed by atoms with van der Waals surface area (Å²) in [4.78, 5) is 0. The maximum absolute atomic E-state index is 14.6. The molecule has 0 aromatic heterocycles. The van der Waals surface area contributed by atoms with Gasteiger partial charge in [-0.15, -0.1) is 0 Å². The van der Waals surface area contributed by atoms with Gasteiger partial charge >= 0.3 is 0 Å². The number of rotatable bonds is 6. The number of benzene rings is 1. The van der Waals surface area contributed by atoms with E-state index in [0.29, 0.717) is 30.3 Å². The van der Waals surface area contributed by atoms with E-state index < -0.39 is 6.17 Å². The molecule has 0 aliphatic carbocycles. The smallest absolute Gasteiger partial charge is 0.161 e. The van der Waals surface area contributed by atoms with Gasteiger partial charge in [0.05, 0.1) is 13.2 Å². The average Bonchev–Trinajstić information content (AvgIpc) is 2.50. The molecule has 0 amide bonds. The summed E-state index contributed by atoms with van der Waals surface area (Å²) in [5.74, 6) is 1.38. The molecule has 2 unspecified atom stereocenters. The van der Waals surface area contributed by atoms with Crippen LogP contribution < -0.4 is 14.8 Å². The molecule has 20 heavy (non-hydrogen) atoms. The lowest BCUT2D eigenvalue weighted by atomic mass is 9.90. The minimum absolute atomic E-state index is 0.0520. The molecule has 1 fully saturated rings. The second-order valence-corrected chi connectivity index (χ2v) is 5.08. The molecule has 112 valence electrons. The summed E-state index contributed by atoms with van der Waals surface area (Å²) in [6.45, 7) is 6.71. The lowest BCUT2D eigenvalue weighted by molar-refractivity contribution is 0.193. The Kier molecular flexibility index (Phi) is 5.65. The third-order valence-electron chi connectivity index (χ3n) is 3.63. The highest BCUT2D eigenvalue weighted by atomic mass is 19.1. The van der Waals surface area contributed by atoms with Gasteiger partial charge in [0.15, 0.2) is 11.5 Å². The highest BCUT2D eigenvalue weighted by Crippen LogP contribution is 2.36. The lowest BCUT2D eigenvalue weighted by Crippen LogP contribution is -2.32. The Hall–Kier alpha value is -1.29. The van der Waals surface area contributed by atoms with Crippen LogP contribution in [0.15, 0.2) is 18.2 Å². The van der Waals surface area contributed by atoms with Gasteiger partial charge in [-0.2, -0.15) is 0 Å². The number of hydrogen-bond donors (Lipinski definition) is 1. The Labute approximate surface area is 120 Å². The van der Waals surface area contributed by atoms with Gasteiger partial charge in [0.2, 0.25) is 0 Å². The Morgan fingerprint density at radius 2 is 2.00 bits per heavy atom. The fourth-order valence-corrected chi connectivity index (χ4v) is 2.64. The second kappa shape index (κ2) is 7.48. The first-order valence-electron chi connectivity index (χ1n) is 7.50. The van der Waals surface area contributed by atoms with E-state index in [1.54, 1.807) is 6.07 Å². The molecule has 1 aliphatic rings. The largest absolute Gasteiger partial charge is 0.490 e. The summed E-state index contributed by atoms with van der Waals surface area (Å²) < 4.78 is 25.7. The van der Waals surface area contributed by atoms with Gasteiger partial charge in [-0.1, -0.05) is 6.07 Å². The van der Waals surface area contributed by atoms with Gasteiger partial charge in [0, 0.05) is 12.5 Å². The Morgan fingerprint density at radius 1 is 1.25 bits per heavy atom. The van der Waals surface area contributed by atoms with Crippen LogP contribution in [0, 0.1) is 5.92 Å². The first-order valence-corrected chi connectivity index (χ1v) is 7.50. The van der Waals surface area contributed by atoms with Gasteiger partial charge < -0.3 is 14.8 Å². The monoisotopic (exact) mass is 281 g/mol. The predicted molar refractivity (Wildman–Crippen MR) is 78.2 cm³/mol. The fourth-order valence-electron chi connectivity index (χ4n) is 2.64. The van der Waals surface area contributed by atoms with Crippen LogP contribution in [0.25, 0.3) is 0 Å². The van der Waals surface area contributed by atoms with Crippen molar-refractivity contribution in [3.63, 3.8) is 0 Å². The minimum atomic E-state index is -0.947. The van der Waals surface area contributed by atoms with E-state index in [-0.39, 0.29) is 5.92 Å². The third kappa shape index (κ3) is 3.63. The molecule has 1 saturated heterocycles. The van der Waals surface area contributed by atoms with Crippen molar-refractivity contribution in [2.45, 2.75) is 32.9 Å². The molecule has 2 rings (SSSR count). The topological polar surface area (TPSA) is 30.5 Å². The highest BCUT2D eigenvalue weighted by molar-refractivity contribution is 5.43. The van der Waals surface area contributed by atoms with Crippen molar-refractivity contribution in [2.24, 2.45) is 5.92 Å². The number of hydrogen-bond acceptors (Lipinski definition) is 3. The van der Waals surface area contributed by atoms with Crippen LogP contribution in [0.2, 0.25) is 0 Å². The van der Waals surface area contributed by atoms with E-state index in [9.17, 15) is 4.39 Å². The van der Waals surface area contributed by atoms with Crippen LogP contribution in [0.3, 0.4) is 0 Å². The first-order chi connectivity index (χ1) is 9.76. The molecule has 0 spiro atoms. The van der Waals surface area contributed by atoms with Crippen molar-refractivity contribution < 1.29 is 13.9 Å². The van der Waals surface area contributed by atoms with Crippen LogP contribution in [0.5, 0.6) is 11.5 Å². The maximum Gasteiger partial charge on any atom is 0.161 e. The van der Waals surface area contributed by atoms with E-state index in [2.05, 4.69) is 5.32 Å². The average molecular weight is 281 g/mol. The quantitative estimate of drug-likeness (QED) is 0.865. The molecule has 0 bridgehead atoms. The van der Waals surface area contributed by atoms with Crippen molar-refractivity contribution >= 4 is 0 Å². The Morgan fingerprint density at radius 3 is 2.65 bits per heavy atom. The molecule has 1 N–H and O–H groups in total. The van der Waals surface area contributed by atoms with Crippen molar-refractivity contribution in [2.75, 3.05) is 26.3 Å². The van der Waals surface area contributed by atoms with Crippen LogP contribution in [0.4, 0.5) is 4.39 Å². The summed E-state index contributed by atoms with van der Waals surface area (Å²) >= 11 is 0. The van der Waals surface area contributed by atoms with E-state index in [1.807, 2.05) is 26.0 Å². The molecule has 3 nitrogen and oxygen atoms in total. The van der Waals surface area contributed by atoms with Crippen LogP contribution in [-0.4, -0.2) is 26.3 Å². The third-order valence-corrected chi connectivity index (χ3v) is 3.63. The maximum atomic E-state index is 14.6. The zero-order valence-electron chi connectivity index (χ0n) is 12.3. The van der Waals surface area contributed by atoms with Crippen molar-refractivity contribution in [1.29, 1.82) is 0 Å². The van der Waals surface area contributed by atoms with Crippen molar-refractivity contribution in [3.8, 4) is 11.5 Å². The number of piperidine rings is 1. The number of nitrogens with one attached hydrogen (secondary N) is 1. The van der Waals surface area contributed by atoms with E-state index in [0.717, 1.165) is 25.9 Å². The zero-order chi connectivity index (χ0) is 14.4. The highest BCUT2D eigenvalue weighted by Gasteiger charge is 2.25. The molecule has 1 aromatic carbocycles. The molecule has 1 aromatic rings. The van der Waals surface area contributed by atoms with Crippen molar-refractivity contribution in [1.82, 2.24) is 5.32 Å². The van der Waals surface area contributed by atoms with Crippen LogP contribution >= 0.6 is 0 Å². The first kappa shape index (κ1) is 15.1. The summed E-state index contributed by atoms with van der Waals surface area (Å²) in [6, 6.07) is 5.41. The van der Waals surface area contributed by atoms with Gasteiger partial charge in [-0.05, 0) is 50.9 Å². The molecule has 1 aliphatic heterocycles. The molecule has 1 heterocycles. The lowest BCUT2D eigenvalue weighted by Gasteiger charge is -2.26. The molecule has 4 heteroatoms. The van der Waals surface area contributed by atoms with Gasteiger partial charge in [-0.25, -0.2) is 4.39 Å². The Balaban J connectivity index is 2.16. The Bertz CT molecular complexity index is 419. The van der Waals surface area contributed by atoms with Gasteiger partial charge in [0.1, 0.15) is 6.17 Å². The molecule has 0 saturated carbocycles. The summed E-state index contributed by atoms with van der Waals surface area (Å²) in [5, 5.41) is 3.26.